The highest BCUT2D eigenvalue weighted by molar-refractivity contribution is 7.09. The van der Waals surface area contributed by atoms with Gasteiger partial charge in [-0.05, 0) is 54.8 Å². The lowest BCUT2D eigenvalue weighted by molar-refractivity contribution is -0.133. The van der Waals surface area contributed by atoms with Crippen molar-refractivity contribution >= 4 is 17.2 Å². The topological polar surface area (TPSA) is 51.2 Å². The van der Waals surface area contributed by atoms with Crippen LogP contribution in [0.5, 0.6) is 11.5 Å². The normalized spacial score (nSPS) is 23.0. The second kappa shape index (κ2) is 10.2. The van der Waals surface area contributed by atoms with E-state index < -0.39 is 0 Å². The number of fused-ring (bicyclic) bond motifs is 1. The van der Waals surface area contributed by atoms with Gasteiger partial charge in [0.1, 0.15) is 0 Å². The molecule has 0 radical (unpaired) electrons. The van der Waals surface area contributed by atoms with E-state index in [1.165, 1.54) is 4.88 Å². The fourth-order valence-electron chi connectivity index (χ4n) is 4.97. The van der Waals surface area contributed by atoms with E-state index in [0.29, 0.717) is 19.8 Å². The van der Waals surface area contributed by atoms with Crippen LogP contribution in [0.3, 0.4) is 0 Å². The van der Waals surface area contributed by atoms with Gasteiger partial charge in [-0.15, -0.1) is 11.3 Å². The van der Waals surface area contributed by atoms with Gasteiger partial charge in [0.05, 0.1) is 31.9 Å². The van der Waals surface area contributed by atoms with Crippen molar-refractivity contribution in [2.45, 2.75) is 50.8 Å². The van der Waals surface area contributed by atoms with Gasteiger partial charge < -0.3 is 19.1 Å². The van der Waals surface area contributed by atoms with Gasteiger partial charge in [0.2, 0.25) is 5.91 Å². The maximum atomic E-state index is 13.5. The zero-order valence-corrected chi connectivity index (χ0v) is 19.4. The van der Waals surface area contributed by atoms with Crippen molar-refractivity contribution in [1.29, 1.82) is 0 Å². The van der Waals surface area contributed by atoms with Crippen LogP contribution in [0.4, 0.5) is 0 Å². The van der Waals surface area contributed by atoms with Crippen LogP contribution >= 0.6 is 11.3 Å². The van der Waals surface area contributed by atoms with Crippen LogP contribution in [0.1, 0.15) is 48.6 Å². The van der Waals surface area contributed by atoms with E-state index in [2.05, 4.69) is 39.4 Å². The van der Waals surface area contributed by atoms with Gasteiger partial charge >= 0.3 is 0 Å². The van der Waals surface area contributed by atoms with Crippen molar-refractivity contribution in [1.82, 2.24) is 9.80 Å². The number of ether oxygens (including phenoxy) is 3. The Balaban J connectivity index is 1.28. The number of likely N-dealkylation sites (tertiary alicyclic amines) is 1. The molecule has 0 saturated carbocycles. The Bertz CT molecular complexity index is 897. The lowest BCUT2D eigenvalue weighted by atomic mass is 10.0. The van der Waals surface area contributed by atoms with Crippen molar-refractivity contribution in [3.05, 3.63) is 46.2 Å². The first-order valence-electron chi connectivity index (χ1n) is 11.8. The Morgan fingerprint density at radius 1 is 1.06 bits per heavy atom. The number of nitrogens with zero attached hydrogens (tertiary/aromatic N) is 2. The summed E-state index contributed by atoms with van der Waals surface area (Å²) in [4.78, 5) is 19.1. The molecule has 0 spiro atoms. The molecule has 1 aromatic carbocycles. The van der Waals surface area contributed by atoms with Gasteiger partial charge in [0.25, 0.3) is 0 Å². The second-order valence-corrected chi connectivity index (χ2v) is 9.92. The molecule has 2 aromatic rings. The molecule has 32 heavy (non-hydrogen) atoms. The van der Waals surface area contributed by atoms with E-state index in [9.17, 15) is 4.79 Å². The zero-order chi connectivity index (χ0) is 21.8. The number of benzene rings is 1. The van der Waals surface area contributed by atoms with Gasteiger partial charge in [0, 0.05) is 37.5 Å². The van der Waals surface area contributed by atoms with Gasteiger partial charge in [-0.25, -0.2) is 0 Å². The summed E-state index contributed by atoms with van der Waals surface area (Å²) < 4.78 is 17.6. The molecule has 1 amide bonds. The van der Waals surface area contributed by atoms with Crippen LogP contribution in [0.2, 0.25) is 0 Å². The number of carbonyl (C=O) groups excluding carboxylic acids is 1. The molecular weight excluding hydrogens is 424 g/mol. The Kier molecular flexibility index (Phi) is 6.95. The van der Waals surface area contributed by atoms with E-state index in [4.69, 9.17) is 14.2 Å². The molecular formula is C25H32N2O4S. The summed E-state index contributed by atoms with van der Waals surface area (Å²) in [6.45, 7) is 5.04. The lowest BCUT2D eigenvalue weighted by Crippen LogP contribution is -2.42. The average Bonchev–Trinajstić information content (AvgIpc) is 3.55. The predicted octanol–water partition coefficient (Wildman–Crippen LogP) is 4.25. The van der Waals surface area contributed by atoms with Gasteiger partial charge in [-0.1, -0.05) is 12.1 Å². The highest BCUT2D eigenvalue weighted by atomic mass is 32.1. The van der Waals surface area contributed by atoms with Gasteiger partial charge in [0.15, 0.2) is 11.5 Å². The number of rotatable bonds is 7. The van der Waals surface area contributed by atoms with E-state index in [1.807, 2.05) is 6.07 Å². The first-order valence-corrected chi connectivity index (χ1v) is 12.7. The molecule has 0 bridgehead atoms. The summed E-state index contributed by atoms with van der Waals surface area (Å²) >= 11 is 1.75. The summed E-state index contributed by atoms with van der Waals surface area (Å²) in [5.74, 6) is 1.81. The van der Waals surface area contributed by atoms with Crippen LogP contribution in [0.15, 0.2) is 35.7 Å². The Morgan fingerprint density at radius 3 is 2.78 bits per heavy atom. The van der Waals surface area contributed by atoms with Gasteiger partial charge in [-0.3, -0.25) is 9.69 Å². The minimum atomic E-state index is 0.103. The van der Waals surface area contributed by atoms with Crippen LogP contribution in [-0.2, 0) is 16.1 Å². The molecule has 3 aliphatic heterocycles. The SMILES string of the molecule is O=C(CN(Cc1cccs1)C[C@@H]1CCCO1)N1CCC[C@@H]1c1ccc2c(c1)OCCCO2. The molecule has 4 heterocycles. The molecule has 2 atom stereocenters. The third-order valence-electron chi connectivity index (χ3n) is 6.53. The van der Waals surface area contributed by atoms with Crippen LogP contribution in [-0.4, -0.2) is 61.3 Å². The summed E-state index contributed by atoms with van der Waals surface area (Å²) in [7, 11) is 0. The molecule has 0 aliphatic carbocycles. The van der Waals surface area contributed by atoms with Crippen LogP contribution in [0.25, 0.3) is 0 Å². The van der Waals surface area contributed by atoms with Crippen molar-refractivity contribution in [3.63, 3.8) is 0 Å². The van der Waals surface area contributed by atoms with Crippen molar-refractivity contribution in [2.24, 2.45) is 0 Å². The molecule has 3 aliphatic rings. The molecule has 0 N–H and O–H groups in total. The third kappa shape index (κ3) is 5.11. The third-order valence-corrected chi connectivity index (χ3v) is 7.39. The molecule has 5 rings (SSSR count). The Hall–Kier alpha value is -2.09. The number of amides is 1. The first-order chi connectivity index (χ1) is 15.8. The van der Waals surface area contributed by atoms with Gasteiger partial charge in [-0.2, -0.15) is 0 Å². The minimum Gasteiger partial charge on any atom is -0.490 e. The highest BCUT2D eigenvalue weighted by Crippen LogP contribution is 2.38. The fraction of sp³-hybridized carbons (Fsp3) is 0.560. The van der Waals surface area contributed by atoms with Crippen LogP contribution < -0.4 is 9.47 Å². The molecule has 7 heteroatoms. The quantitative estimate of drug-likeness (QED) is 0.623. The van der Waals surface area contributed by atoms with E-state index in [-0.39, 0.29) is 18.1 Å². The van der Waals surface area contributed by atoms with Crippen LogP contribution in [0, 0.1) is 0 Å². The first kappa shape index (κ1) is 21.7. The maximum absolute atomic E-state index is 13.5. The zero-order valence-electron chi connectivity index (χ0n) is 18.5. The number of hydrogen-bond donors (Lipinski definition) is 0. The summed E-state index contributed by atoms with van der Waals surface area (Å²) in [6.07, 6.45) is 5.34. The summed E-state index contributed by atoms with van der Waals surface area (Å²) in [5, 5.41) is 2.10. The Labute approximate surface area is 194 Å². The molecule has 0 unspecified atom stereocenters. The largest absolute Gasteiger partial charge is 0.490 e. The number of thiophene rings is 1. The van der Waals surface area contributed by atoms with Crippen molar-refractivity contribution in [3.8, 4) is 11.5 Å². The number of carbonyl (C=O) groups is 1. The van der Waals surface area contributed by atoms with E-state index in [1.54, 1.807) is 11.3 Å². The molecule has 2 fully saturated rings. The summed E-state index contributed by atoms with van der Waals surface area (Å²) in [6, 6.07) is 10.5. The molecule has 2 saturated heterocycles. The maximum Gasteiger partial charge on any atom is 0.237 e. The fourth-order valence-corrected chi connectivity index (χ4v) is 5.71. The smallest absolute Gasteiger partial charge is 0.237 e. The monoisotopic (exact) mass is 456 g/mol. The van der Waals surface area contributed by atoms with Crippen molar-refractivity contribution < 1.29 is 19.0 Å². The predicted molar refractivity (Wildman–Crippen MR) is 124 cm³/mol. The number of hydrogen-bond acceptors (Lipinski definition) is 6. The Morgan fingerprint density at radius 2 is 1.97 bits per heavy atom. The molecule has 1 aromatic heterocycles. The minimum absolute atomic E-state index is 0.103. The second-order valence-electron chi connectivity index (χ2n) is 8.89. The molecule has 172 valence electrons. The summed E-state index contributed by atoms with van der Waals surface area (Å²) in [5.41, 5.74) is 1.14. The van der Waals surface area contributed by atoms with Crippen molar-refractivity contribution in [2.75, 3.05) is 39.5 Å². The van der Waals surface area contributed by atoms with E-state index >= 15 is 0 Å². The standard InChI is InChI=1S/C25H32N2O4S/c28-25(18-26(16-20-5-2-11-29-20)17-21-6-3-14-32-21)27-10-1-7-22(27)19-8-9-23-24(15-19)31-13-4-12-30-23/h3,6,8-9,14-15,20,22H,1-2,4-5,7,10-13,16-18H2/t20-,22+/m0/s1. The van der Waals surface area contributed by atoms with E-state index in [0.717, 1.165) is 75.4 Å². The molecule has 6 nitrogen and oxygen atoms in total. The highest BCUT2D eigenvalue weighted by Gasteiger charge is 2.32. The average molecular weight is 457 g/mol. The lowest BCUT2D eigenvalue weighted by Gasteiger charge is -2.30.